The zero-order valence-corrected chi connectivity index (χ0v) is 12.4. The van der Waals surface area contributed by atoms with E-state index >= 15 is 0 Å². The lowest BCUT2D eigenvalue weighted by molar-refractivity contribution is 0.0302. The van der Waals surface area contributed by atoms with Crippen molar-refractivity contribution < 1.29 is 9.13 Å². The van der Waals surface area contributed by atoms with Gasteiger partial charge in [0.25, 0.3) is 0 Å². The molecule has 2 aromatic rings. The summed E-state index contributed by atoms with van der Waals surface area (Å²) in [5.41, 5.74) is 0.682. The molecular formula is C15H14BrFN2O. The van der Waals surface area contributed by atoms with Crippen LogP contribution >= 0.6 is 15.9 Å². The van der Waals surface area contributed by atoms with Crippen LogP contribution in [0.15, 0.2) is 28.7 Å². The lowest BCUT2D eigenvalue weighted by Crippen LogP contribution is -2.43. The summed E-state index contributed by atoms with van der Waals surface area (Å²) in [5.74, 6) is 0.633. The highest BCUT2D eigenvalue weighted by Crippen LogP contribution is 2.31. The second-order valence-electron chi connectivity index (χ2n) is 5.46. The second-order valence-corrected chi connectivity index (χ2v) is 6.26. The maximum atomic E-state index is 13.6. The maximum absolute atomic E-state index is 13.6. The Morgan fingerprint density at radius 2 is 1.85 bits per heavy atom. The fourth-order valence-corrected chi connectivity index (χ4v) is 3.55. The molecule has 2 atom stereocenters. The number of halogens is 2. The molecule has 0 spiro atoms. The number of pyridine rings is 1. The van der Waals surface area contributed by atoms with Crippen molar-refractivity contribution in [1.29, 1.82) is 0 Å². The van der Waals surface area contributed by atoms with E-state index in [-0.39, 0.29) is 5.82 Å². The Morgan fingerprint density at radius 1 is 1.15 bits per heavy atom. The average molecular weight is 337 g/mol. The van der Waals surface area contributed by atoms with Crippen molar-refractivity contribution >= 4 is 32.7 Å². The van der Waals surface area contributed by atoms with Gasteiger partial charge in [-0.2, -0.15) is 0 Å². The molecule has 2 aliphatic heterocycles. The fraction of sp³-hybridized carbons (Fsp3) is 0.400. The van der Waals surface area contributed by atoms with Gasteiger partial charge < -0.3 is 9.64 Å². The van der Waals surface area contributed by atoms with E-state index in [0.29, 0.717) is 22.2 Å². The first-order chi connectivity index (χ1) is 9.70. The zero-order valence-electron chi connectivity index (χ0n) is 10.9. The SMILES string of the molecule is Fc1ccc2ccc(N3CC4CCC(C3)O4)nc2c1Br. The van der Waals surface area contributed by atoms with Gasteiger partial charge in [0.05, 0.1) is 22.2 Å². The molecule has 2 unspecified atom stereocenters. The van der Waals surface area contributed by atoms with Gasteiger partial charge in [0.1, 0.15) is 11.6 Å². The van der Waals surface area contributed by atoms with Crippen LogP contribution in [0.1, 0.15) is 12.8 Å². The number of anilines is 1. The first-order valence-electron chi connectivity index (χ1n) is 6.86. The molecule has 0 N–H and O–H groups in total. The molecule has 5 heteroatoms. The van der Waals surface area contributed by atoms with Crippen LogP contribution in [0, 0.1) is 5.82 Å². The summed E-state index contributed by atoms with van der Waals surface area (Å²) in [7, 11) is 0. The number of rotatable bonds is 1. The zero-order chi connectivity index (χ0) is 13.7. The quantitative estimate of drug-likeness (QED) is 0.796. The molecule has 0 radical (unpaired) electrons. The first-order valence-corrected chi connectivity index (χ1v) is 7.65. The van der Waals surface area contributed by atoms with Gasteiger partial charge in [-0.25, -0.2) is 9.37 Å². The first kappa shape index (κ1) is 12.5. The van der Waals surface area contributed by atoms with E-state index in [1.807, 2.05) is 12.1 Å². The van der Waals surface area contributed by atoms with Crippen LogP contribution in [0.2, 0.25) is 0 Å². The summed E-state index contributed by atoms with van der Waals surface area (Å²) in [6.45, 7) is 1.75. The van der Waals surface area contributed by atoms with Gasteiger partial charge in [0.15, 0.2) is 0 Å². The number of ether oxygens (including phenoxy) is 1. The molecule has 2 fully saturated rings. The van der Waals surface area contributed by atoms with Gasteiger partial charge in [-0.05, 0) is 53.0 Å². The summed E-state index contributed by atoms with van der Waals surface area (Å²) in [4.78, 5) is 6.89. The van der Waals surface area contributed by atoms with Crippen molar-refractivity contribution in [3.8, 4) is 0 Å². The smallest absolute Gasteiger partial charge is 0.139 e. The topological polar surface area (TPSA) is 25.4 Å². The Bertz CT molecular complexity index is 666. The lowest BCUT2D eigenvalue weighted by atomic mass is 10.2. The van der Waals surface area contributed by atoms with E-state index in [9.17, 15) is 4.39 Å². The molecular weight excluding hydrogens is 323 g/mol. The molecule has 20 heavy (non-hydrogen) atoms. The van der Waals surface area contributed by atoms with E-state index in [4.69, 9.17) is 4.74 Å². The highest BCUT2D eigenvalue weighted by molar-refractivity contribution is 9.10. The van der Waals surface area contributed by atoms with Gasteiger partial charge >= 0.3 is 0 Å². The van der Waals surface area contributed by atoms with Crippen molar-refractivity contribution in [3.05, 3.63) is 34.6 Å². The molecule has 3 heterocycles. The summed E-state index contributed by atoms with van der Waals surface area (Å²) < 4.78 is 19.9. The molecule has 0 saturated carbocycles. The van der Waals surface area contributed by atoms with Crippen molar-refractivity contribution in [1.82, 2.24) is 4.98 Å². The van der Waals surface area contributed by atoms with E-state index in [0.717, 1.165) is 37.1 Å². The van der Waals surface area contributed by atoms with E-state index in [1.54, 1.807) is 6.07 Å². The van der Waals surface area contributed by atoms with Crippen LogP contribution in [0.25, 0.3) is 10.9 Å². The molecule has 104 valence electrons. The third-order valence-electron chi connectivity index (χ3n) is 4.11. The van der Waals surface area contributed by atoms with Gasteiger partial charge in [0.2, 0.25) is 0 Å². The molecule has 1 aromatic carbocycles. The van der Waals surface area contributed by atoms with Crippen LogP contribution in [-0.4, -0.2) is 30.3 Å². The van der Waals surface area contributed by atoms with Gasteiger partial charge in [-0.1, -0.05) is 0 Å². The number of nitrogens with zero attached hydrogens (tertiary/aromatic N) is 2. The van der Waals surface area contributed by atoms with Crippen molar-refractivity contribution in [2.75, 3.05) is 18.0 Å². The monoisotopic (exact) mass is 336 g/mol. The minimum Gasteiger partial charge on any atom is -0.371 e. The van der Waals surface area contributed by atoms with E-state index in [1.165, 1.54) is 6.07 Å². The molecule has 3 nitrogen and oxygen atoms in total. The normalized spacial score (nSPS) is 25.4. The van der Waals surface area contributed by atoms with Crippen LogP contribution in [0.5, 0.6) is 0 Å². The summed E-state index contributed by atoms with van der Waals surface area (Å²) in [6, 6.07) is 7.23. The predicted molar refractivity (Wildman–Crippen MR) is 79.5 cm³/mol. The predicted octanol–water partition coefficient (Wildman–Crippen LogP) is 3.50. The van der Waals surface area contributed by atoms with Crippen molar-refractivity contribution in [3.63, 3.8) is 0 Å². The standard InChI is InChI=1S/C15H14BrFN2O/c16-14-12(17)5-1-9-2-6-13(18-15(9)14)19-7-10-3-4-11(8-19)20-10/h1-2,5-6,10-11H,3-4,7-8H2. The van der Waals surface area contributed by atoms with E-state index in [2.05, 4.69) is 25.8 Å². The molecule has 4 rings (SSSR count). The number of morpholine rings is 1. The Hall–Kier alpha value is -1.20. The van der Waals surface area contributed by atoms with E-state index < -0.39 is 0 Å². The summed E-state index contributed by atoms with van der Waals surface area (Å²) >= 11 is 3.29. The third-order valence-corrected chi connectivity index (χ3v) is 4.86. The van der Waals surface area contributed by atoms with Gasteiger partial charge in [-0.3, -0.25) is 0 Å². The van der Waals surface area contributed by atoms with Crippen LogP contribution < -0.4 is 4.90 Å². The molecule has 2 saturated heterocycles. The Labute approximate surface area is 124 Å². The number of hydrogen-bond acceptors (Lipinski definition) is 3. The number of benzene rings is 1. The second kappa shape index (κ2) is 4.67. The molecule has 2 bridgehead atoms. The molecule has 1 aromatic heterocycles. The van der Waals surface area contributed by atoms with Gasteiger partial charge in [0, 0.05) is 18.5 Å². The summed E-state index contributed by atoms with van der Waals surface area (Å²) in [5, 5.41) is 0.943. The Balaban J connectivity index is 1.75. The molecule has 0 amide bonds. The minimum absolute atomic E-state index is 0.274. The fourth-order valence-electron chi connectivity index (χ4n) is 3.10. The highest BCUT2D eigenvalue weighted by Gasteiger charge is 2.34. The Kier molecular flexibility index (Phi) is 2.93. The largest absolute Gasteiger partial charge is 0.371 e. The van der Waals surface area contributed by atoms with Crippen LogP contribution in [0.4, 0.5) is 10.2 Å². The minimum atomic E-state index is -0.274. The number of aromatic nitrogens is 1. The summed E-state index contributed by atoms with van der Waals surface area (Å²) in [6.07, 6.45) is 2.91. The highest BCUT2D eigenvalue weighted by atomic mass is 79.9. The molecule has 0 aliphatic carbocycles. The van der Waals surface area contributed by atoms with Crippen molar-refractivity contribution in [2.45, 2.75) is 25.0 Å². The average Bonchev–Trinajstić information content (AvgIpc) is 2.81. The lowest BCUT2D eigenvalue weighted by Gasteiger charge is -2.33. The van der Waals surface area contributed by atoms with Crippen LogP contribution in [-0.2, 0) is 4.74 Å². The Morgan fingerprint density at radius 3 is 2.60 bits per heavy atom. The van der Waals surface area contributed by atoms with Gasteiger partial charge in [-0.15, -0.1) is 0 Å². The van der Waals surface area contributed by atoms with Crippen LogP contribution in [0.3, 0.4) is 0 Å². The number of hydrogen-bond donors (Lipinski definition) is 0. The molecule has 2 aliphatic rings. The third kappa shape index (κ3) is 2.00. The number of fused-ring (bicyclic) bond motifs is 3. The van der Waals surface area contributed by atoms with Crippen molar-refractivity contribution in [2.24, 2.45) is 0 Å². The maximum Gasteiger partial charge on any atom is 0.139 e.